The Morgan fingerprint density at radius 2 is 1.67 bits per heavy atom. The Morgan fingerprint density at radius 3 is 2.15 bits per heavy atom. The number of piperazine rings is 1. The number of amides is 1. The summed E-state index contributed by atoms with van der Waals surface area (Å²) in [6, 6.07) is 7.06. The van der Waals surface area contributed by atoms with Crippen LogP contribution in [-0.2, 0) is 20.2 Å². The molecule has 3 rings (SSSR count). The summed E-state index contributed by atoms with van der Waals surface area (Å²) in [6.07, 6.45) is 1.90. The molecule has 2 fully saturated rings. The van der Waals surface area contributed by atoms with E-state index in [-0.39, 0.29) is 29.8 Å². The average molecular weight is 416 g/mol. The molecule has 1 N–H and O–H groups in total. The lowest BCUT2D eigenvalue weighted by molar-refractivity contribution is -0.134. The molecule has 2 saturated heterocycles. The Balaban J connectivity index is 0.00000261. The summed E-state index contributed by atoms with van der Waals surface area (Å²) in [6.45, 7) is 8.80. The van der Waals surface area contributed by atoms with E-state index >= 15 is 0 Å². The van der Waals surface area contributed by atoms with Crippen molar-refractivity contribution < 1.29 is 13.2 Å². The molecule has 0 aromatic heterocycles. The van der Waals surface area contributed by atoms with Crippen molar-refractivity contribution in [3.05, 3.63) is 29.8 Å². The SMILES string of the molecule is CC(C)(C)c1ccc(S(=O)(=O)N2CCN(C(=O)C3CCCN3)CC2)cc1.Cl. The van der Waals surface area contributed by atoms with Crippen molar-refractivity contribution in [1.29, 1.82) is 0 Å². The lowest BCUT2D eigenvalue weighted by Gasteiger charge is -2.35. The smallest absolute Gasteiger partial charge is 0.243 e. The molecule has 27 heavy (non-hydrogen) atoms. The number of rotatable bonds is 3. The summed E-state index contributed by atoms with van der Waals surface area (Å²) in [5.41, 5.74) is 1.10. The normalized spacial score (nSPS) is 21.7. The molecule has 1 atom stereocenters. The minimum atomic E-state index is -3.51. The molecule has 1 unspecified atom stereocenters. The number of hydrogen-bond acceptors (Lipinski definition) is 4. The zero-order valence-electron chi connectivity index (χ0n) is 16.3. The van der Waals surface area contributed by atoms with Gasteiger partial charge in [-0.25, -0.2) is 8.42 Å². The number of carbonyl (C=O) groups excluding carboxylic acids is 1. The molecule has 0 radical (unpaired) electrons. The molecule has 1 amide bonds. The van der Waals surface area contributed by atoms with E-state index in [9.17, 15) is 13.2 Å². The fourth-order valence-corrected chi connectivity index (χ4v) is 4.96. The van der Waals surface area contributed by atoms with Crippen LogP contribution in [0.25, 0.3) is 0 Å². The van der Waals surface area contributed by atoms with Crippen LogP contribution in [0.5, 0.6) is 0 Å². The molecule has 2 heterocycles. The maximum absolute atomic E-state index is 12.9. The molecule has 1 aromatic rings. The highest BCUT2D eigenvalue weighted by atomic mass is 35.5. The van der Waals surface area contributed by atoms with Crippen molar-refractivity contribution >= 4 is 28.3 Å². The molecule has 0 bridgehead atoms. The third-order valence-corrected chi connectivity index (χ3v) is 7.18. The van der Waals surface area contributed by atoms with E-state index in [1.54, 1.807) is 17.0 Å². The fourth-order valence-electron chi connectivity index (χ4n) is 3.54. The van der Waals surface area contributed by atoms with E-state index in [2.05, 4.69) is 26.1 Å². The largest absolute Gasteiger partial charge is 0.339 e. The second kappa shape index (κ2) is 8.47. The van der Waals surface area contributed by atoms with Gasteiger partial charge in [0.05, 0.1) is 10.9 Å². The number of halogens is 1. The molecule has 8 heteroatoms. The number of nitrogens with one attached hydrogen (secondary N) is 1. The lowest BCUT2D eigenvalue weighted by atomic mass is 9.87. The van der Waals surface area contributed by atoms with Crippen LogP contribution in [0.1, 0.15) is 39.2 Å². The Morgan fingerprint density at radius 1 is 1.07 bits per heavy atom. The molecular weight excluding hydrogens is 386 g/mol. The van der Waals surface area contributed by atoms with Crippen LogP contribution in [0, 0.1) is 0 Å². The Labute approximate surface area is 168 Å². The predicted octanol–water partition coefficient (Wildman–Crippen LogP) is 1.99. The molecular formula is C19H30ClN3O3S. The average Bonchev–Trinajstić information content (AvgIpc) is 3.15. The summed E-state index contributed by atoms with van der Waals surface area (Å²) < 4.78 is 27.3. The quantitative estimate of drug-likeness (QED) is 0.819. The Bertz CT molecular complexity index is 745. The Kier molecular flexibility index (Phi) is 6.95. The molecule has 0 saturated carbocycles. The third kappa shape index (κ3) is 4.83. The highest BCUT2D eigenvalue weighted by Gasteiger charge is 2.33. The predicted molar refractivity (Wildman–Crippen MR) is 109 cm³/mol. The number of hydrogen-bond donors (Lipinski definition) is 1. The van der Waals surface area contributed by atoms with Crippen molar-refractivity contribution in [1.82, 2.24) is 14.5 Å². The zero-order chi connectivity index (χ0) is 18.9. The van der Waals surface area contributed by atoms with Gasteiger partial charge in [-0.1, -0.05) is 32.9 Å². The van der Waals surface area contributed by atoms with Crippen LogP contribution in [0.4, 0.5) is 0 Å². The van der Waals surface area contributed by atoms with Crippen LogP contribution < -0.4 is 5.32 Å². The highest BCUT2D eigenvalue weighted by molar-refractivity contribution is 7.89. The van der Waals surface area contributed by atoms with E-state index in [0.29, 0.717) is 31.1 Å². The van der Waals surface area contributed by atoms with Gasteiger partial charge in [0.2, 0.25) is 15.9 Å². The van der Waals surface area contributed by atoms with Gasteiger partial charge in [-0.3, -0.25) is 4.79 Å². The first-order valence-electron chi connectivity index (χ1n) is 9.32. The van der Waals surface area contributed by atoms with Gasteiger partial charge >= 0.3 is 0 Å². The van der Waals surface area contributed by atoms with Crippen LogP contribution in [-0.4, -0.2) is 62.3 Å². The van der Waals surface area contributed by atoms with Crippen LogP contribution in [0.15, 0.2) is 29.2 Å². The van der Waals surface area contributed by atoms with E-state index in [1.165, 1.54) is 4.31 Å². The summed E-state index contributed by atoms with van der Waals surface area (Å²) in [5, 5.41) is 3.22. The summed E-state index contributed by atoms with van der Waals surface area (Å²) in [5.74, 6) is 0.106. The molecule has 2 aliphatic heterocycles. The summed E-state index contributed by atoms with van der Waals surface area (Å²) in [7, 11) is -3.51. The first kappa shape index (κ1) is 22.1. The molecule has 0 spiro atoms. The van der Waals surface area contributed by atoms with Gasteiger partial charge in [0.25, 0.3) is 0 Å². The first-order valence-corrected chi connectivity index (χ1v) is 10.8. The monoisotopic (exact) mass is 415 g/mol. The van der Waals surface area contributed by atoms with Crippen molar-refractivity contribution in [2.24, 2.45) is 0 Å². The lowest BCUT2D eigenvalue weighted by Crippen LogP contribution is -2.54. The summed E-state index contributed by atoms with van der Waals surface area (Å²) >= 11 is 0. The summed E-state index contributed by atoms with van der Waals surface area (Å²) in [4.78, 5) is 14.6. The van der Waals surface area contributed by atoms with Gasteiger partial charge in [0.1, 0.15) is 0 Å². The topological polar surface area (TPSA) is 69.7 Å². The van der Waals surface area contributed by atoms with Crippen molar-refractivity contribution in [2.45, 2.75) is 50.0 Å². The van der Waals surface area contributed by atoms with Gasteiger partial charge in [-0.05, 0) is 42.5 Å². The van der Waals surface area contributed by atoms with Gasteiger partial charge in [-0.15, -0.1) is 12.4 Å². The Hall–Kier alpha value is -1.15. The fraction of sp³-hybridized carbons (Fsp3) is 0.632. The van der Waals surface area contributed by atoms with Gasteiger partial charge in [-0.2, -0.15) is 4.31 Å². The first-order chi connectivity index (χ1) is 12.2. The van der Waals surface area contributed by atoms with E-state index in [1.807, 2.05) is 12.1 Å². The molecule has 1 aromatic carbocycles. The number of carbonyl (C=O) groups is 1. The van der Waals surface area contributed by atoms with Crippen molar-refractivity contribution in [3.63, 3.8) is 0 Å². The zero-order valence-corrected chi connectivity index (χ0v) is 17.9. The second-order valence-corrected chi connectivity index (χ2v) is 10.1. The molecule has 0 aliphatic carbocycles. The van der Waals surface area contributed by atoms with Crippen LogP contribution >= 0.6 is 12.4 Å². The minimum Gasteiger partial charge on any atom is -0.339 e. The second-order valence-electron chi connectivity index (χ2n) is 8.15. The maximum Gasteiger partial charge on any atom is 0.243 e. The minimum absolute atomic E-state index is 0. The molecule has 2 aliphatic rings. The van der Waals surface area contributed by atoms with Gasteiger partial charge in [0, 0.05) is 26.2 Å². The molecule has 6 nitrogen and oxygen atoms in total. The van der Waals surface area contributed by atoms with Crippen molar-refractivity contribution in [3.8, 4) is 0 Å². The van der Waals surface area contributed by atoms with E-state index in [0.717, 1.165) is 24.9 Å². The van der Waals surface area contributed by atoms with Gasteiger partial charge in [0.15, 0.2) is 0 Å². The number of nitrogens with zero attached hydrogens (tertiary/aromatic N) is 2. The number of benzene rings is 1. The van der Waals surface area contributed by atoms with E-state index in [4.69, 9.17) is 0 Å². The van der Waals surface area contributed by atoms with E-state index < -0.39 is 10.0 Å². The van der Waals surface area contributed by atoms with Crippen molar-refractivity contribution in [2.75, 3.05) is 32.7 Å². The standard InChI is InChI=1S/C19H29N3O3S.ClH/c1-19(2,3)15-6-8-16(9-7-15)26(24,25)22-13-11-21(12-14-22)18(23)17-5-4-10-20-17;/h6-9,17,20H,4-5,10-14H2,1-3H3;1H. The molecule has 152 valence electrons. The highest BCUT2D eigenvalue weighted by Crippen LogP contribution is 2.25. The van der Waals surface area contributed by atoms with Crippen LogP contribution in [0.2, 0.25) is 0 Å². The van der Waals surface area contributed by atoms with Crippen LogP contribution in [0.3, 0.4) is 0 Å². The maximum atomic E-state index is 12.9. The third-order valence-electron chi connectivity index (χ3n) is 5.27. The van der Waals surface area contributed by atoms with Gasteiger partial charge < -0.3 is 10.2 Å². The number of sulfonamides is 1.